The molecule has 0 aromatic carbocycles. The van der Waals surface area contributed by atoms with Gasteiger partial charge in [0.25, 0.3) is 11.6 Å². The first-order chi connectivity index (χ1) is 14.1. The third-order valence-electron chi connectivity index (χ3n) is 5.77. The van der Waals surface area contributed by atoms with Crippen LogP contribution in [-0.4, -0.2) is 53.0 Å². The van der Waals surface area contributed by atoms with Crippen LogP contribution in [0.1, 0.15) is 66.7 Å². The average molecular weight is 399 g/mol. The molecule has 1 aliphatic heterocycles. The van der Waals surface area contributed by atoms with Crippen LogP contribution in [0.25, 0.3) is 11.1 Å². The van der Waals surface area contributed by atoms with Gasteiger partial charge in [0.15, 0.2) is 0 Å². The number of carbonyl (C=O) groups is 2. The number of likely N-dealkylation sites (tertiary alicyclic amines) is 1. The van der Waals surface area contributed by atoms with Gasteiger partial charge in [-0.25, -0.2) is 4.98 Å². The fourth-order valence-corrected chi connectivity index (χ4v) is 4.08. The Hall–Kier alpha value is -2.48. The number of nitrogens with two attached hydrogens (primary N) is 1. The monoisotopic (exact) mass is 399 g/mol. The van der Waals surface area contributed by atoms with Crippen molar-refractivity contribution < 1.29 is 14.1 Å². The molecule has 0 bridgehead atoms. The highest BCUT2D eigenvalue weighted by atomic mass is 16.5. The lowest BCUT2D eigenvalue weighted by molar-refractivity contribution is -0.126. The van der Waals surface area contributed by atoms with Gasteiger partial charge in [-0.05, 0) is 38.2 Å². The van der Waals surface area contributed by atoms with E-state index in [1.165, 1.54) is 0 Å². The lowest BCUT2D eigenvalue weighted by Crippen LogP contribution is -2.46. The van der Waals surface area contributed by atoms with Crippen molar-refractivity contribution in [3.8, 4) is 0 Å². The molecule has 4 rings (SSSR count). The molecule has 3 heterocycles. The Balaban J connectivity index is 1.63. The van der Waals surface area contributed by atoms with Crippen LogP contribution in [0.3, 0.4) is 0 Å². The summed E-state index contributed by atoms with van der Waals surface area (Å²) in [5.74, 6) is 0.123. The second kappa shape index (κ2) is 8.49. The number of carbonyl (C=O) groups excluding carboxylic acids is 2. The Bertz CT molecular complexity index is 905. The van der Waals surface area contributed by atoms with E-state index in [4.69, 9.17) is 10.3 Å². The SMILES string of the molecule is CCCc1noc2nc(C3CC3)cc(C(=O)N3CCCC(C(=O)NCCN)C3)c12. The summed E-state index contributed by atoms with van der Waals surface area (Å²) in [5, 5.41) is 7.77. The number of hydrogen-bond acceptors (Lipinski definition) is 6. The largest absolute Gasteiger partial charge is 0.355 e. The van der Waals surface area contributed by atoms with Crippen LogP contribution in [0.5, 0.6) is 0 Å². The van der Waals surface area contributed by atoms with E-state index in [0.29, 0.717) is 43.4 Å². The molecule has 1 atom stereocenters. The summed E-state index contributed by atoms with van der Waals surface area (Å²) in [6.45, 7) is 4.01. The normalized spacial score (nSPS) is 19.5. The van der Waals surface area contributed by atoms with Crippen LogP contribution in [-0.2, 0) is 11.2 Å². The van der Waals surface area contributed by atoms with Crippen LogP contribution in [0.2, 0.25) is 0 Å². The molecule has 3 N–H and O–H groups in total. The fourth-order valence-electron chi connectivity index (χ4n) is 4.08. The van der Waals surface area contributed by atoms with Crippen molar-refractivity contribution in [1.82, 2.24) is 20.4 Å². The number of piperidine rings is 1. The van der Waals surface area contributed by atoms with E-state index in [0.717, 1.165) is 55.3 Å². The van der Waals surface area contributed by atoms with E-state index in [1.807, 2.05) is 6.07 Å². The topological polar surface area (TPSA) is 114 Å². The van der Waals surface area contributed by atoms with Gasteiger partial charge in [0.2, 0.25) is 5.91 Å². The summed E-state index contributed by atoms with van der Waals surface area (Å²) in [4.78, 5) is 32.3. The zero-order chi connectivity index (χ0) is 20.4. The number of hydrogen-bond donors (Lipinski definition) is 2. The summed E-state index contributed by atoms with van der Waals surface area (Å²) in [6.07, 6.45) is 5.42. The fraction of sp³-hybridized carbons (Fsp3) is 0.619. The Morgan fingerprint density at radius 1 is 1.34 bits per heavy atom. The van der Waals surface area contributed by atoms with Crippen molar-refractivity contribution in [3.63, 3.8) is 0 Å². The maximum absolute atomic E-state index is 13.5. The molecule has 1 saturated carbocycles. The molecule has 156 valence electrons. The molecule has 2 amide bonds. The molecule has 1 unspecified atom stereocenters. The van der Waals surface area contributed by atoms with Crippen LogP contribution >= 0.6 is 0 Å². The van der Waals surface area contributed by atoms with Gasteiger partial charge >= 0.3 is 0 Å². The Morgan fingerprint density at radius 3 is 2.90 bits per heavy atom. The number of nitrogens with one attached hydrogen (secondary N) is 1. The minimum Gasteiger partial charge on any atom is -0.355 e. The number of amides is 2. The van der Waals surface area contributed by atoms with Gasteiger partial charge in [-0.1, -0.05) is 18.5 Å². The summed E-state index contributed by atoms with van der Waals surface area (Å²) in [6, 6.07) is 1.93. The molecule has 2 aliphatic rings. The van der Waals surface area contributed by atoms with Gasteiger partial charge in [0.1, 0.15) is 0 Å². The number of aryl methyl sites for hydroxylation is 1. The second-order valence-electron chi connectivity index (χ2n) is 8.10. The first kappa shape index (κ1) is 19.8. The molecule has 0 radical (unpaired) electrons. The minimum absolute atomic E-state index is 0.0249. The highest BCUT2D eigenvalue weighted by Gasteiger charge is 2.33. The molecule has 2 aromatic heterocycles. The van der Waals surface area contributed by atoms with Gasteiger partial charge in [0, 0.05) is 37.8 Å². The molecule has 0 spiro atoms. The molecule has 8 nitrogen and oxygen atoms in total. The van der Waals surface area contributed by atoms with Gasteiger partial charge in [0.05, 0.1) is 22.6 Å². The lowest BCUT2D eigenvalue weighted by Gasteiger charge is -2.32. The zero-order valence-electron chi connectivity index (χ0n) is 16.9. The molecular formula is C21H29N5O3. The highest BCUT2D eigenvalue weighted by molar-refractivity contribution is 6.06. The lowest BCUT2D eigenvalue weighted by atomic mass is 9.95. The van der Waals surface area contributed by atoms with E-state index >= 15 is 0 Å². The summed E-state index contributed by atoms with van der Waals surface area (Å²) in [7, 11) is 0. The van der Waals surface area contributed by atoms with Crippen molar-refractivity contribution in [1.29, 1.82) is 0 Å². The van der Waals surface area contributed by atoms with Crippen molar-refractivity contribution >= 4 is 22.9 Å². The highest BCUT2D eigenvalue weighted by Crippen LogP contribution is 2.41. The predicted octanol–water partition coefficient (Wildman–Crippen LogP) is 1.98. The van der Waals surface area contributed by atoms with Crippen molar-refractivity contribution in [2.45, 2.75) is 51.4 Å². The van der Waals surface area contributed by atoms with Gasteiger partial charge in [-0.15, -0.1) is 0 Å². The molecule has 2 aromatic rings. The van der Waals surface area contributed by atoms with E-state index in [9.17, 15) is 9.59 Å². The first-order valence-corrected chi connectivity index (χ1v) is 10.7. The van der Waals surface area contributed by atoms with Gasteiger partial charge in [-0.2, -0.15) is 0 Å². The van der Waals surface area contributed by atoms with Crippen molar-refractivity contribution in [3.05, 3.63) is 23.0 Å². The third kappa shape index (κ3) is 4.12. The maximum Gasteiger partial charge on any atom is 0.259 e. The van der Waals surface area contributed by atoms with Crippen LogP contribution < -0.4 is 11.1 Å². The van der Waals surface area contributed by atoms with Gasteiger partial charge in [-0.3, -0.25) is 9.59 Å². The molecule has 29 heavy (non-hydrogen) atoms. The number of pyridine rings is 1. The van der Waals surface area contributed by atoms with Gasteiger partial charge < -0.3 is 20.5 Å². The molecule has 2 fully saturated rings. The van der Waals surface area contributed by atoms with E-state index < -0.39 is 0 Å². The Morgan fingerprint density at radius 2 is 2.17 bits per heavy atom. The zero-order valence-corrected chi connectivity index (χ0v) is 16.9. The molecular weight excluding hydrogens is 370 g/mol. The number of aromatic nitrogens is 2. The number of fused-ring (bicyclic) bond motifs is 1. The standard InChI is InChI=1S/C21H29N5O3/c1-2-4-16-18-15(11-17(13-6-7-13)24-20(18)29-25-16)21(28)26-10-3-5-14(12-26)19(27)23-9-8-22/h11,13-14H,2-10,12,22H2,1H3,(H,23,27). The Kier molecular flexibility index (Phi) is 5.80. The van der Waals surface area contributed by atoms with E-state index in [1.54, 1.807) is 4.90 Å². The third-order valence-corrected chi connectivity index (χ3v) is 5.77. The van der Waals surface area contributed by atoms with E-state index in [2.05, 4.69) is 22.4 Å². The Labute approximate surface area is 170 Å². The van der Waals surface area contributed by atoms with Crippen molar-refractivity contribution in [2.75, 3.05) is 26.2 Å². The minimum atomic E-state index is -0.197. The van der Waals surface area contributed by atoms with Crippen molar-refractivity contribution in [2.24, 2.45) is 11.7 Å². The quantitative estimate of drug-likeness (QED) is 0.736. The van der Waals surface area contributed by atoms with Crippen LogP contribution in [0, 0.1) is 5.92 Å². The summed E-state index contributed by atoms with van der Waals surface area (Å²) in [5.41, 5.74) is 8.25. The molecule has 1 aliphatic carbocycles. The molecule has 1 saturated heterocycles. The first-order valence-electron chi connectivity index (χ1n) is 10.7. The maximum atomic E-state index is 13.5. The number of rotatable bonds is 7. The molecule has 8 heteroatoms. The number of nitrogens with zero attached hydrogens (tertiary/aromatic N) is 3. The second-order valence-corrected chi connectivity index (χ2v) is 8.10. The average Bonchev–Trinajstić information content (AvgIpc) is 3.53. The van der Waals surface area contributed by atoms with Crippen LogP contribution in [0.15, 0.2) is 10.6 Å². The van der Waals surface area contributed by atoms with Crippen LogP contribution in [0.4, 0.5) is 0 Å². The summed E-state index contributed by atoms with van der Waals surface area (Å²) < 4.78 is 5.49. The smallest absolute Gasteiger partial charge is 0.259 e. The van der Waals surface area contributed by atoms with E-state index in [-0.39, 0.29) is 17.7 Å². The predicted molar refractivity (Wildman–Crippen MR) is 108 cm³/mol. The summed E-state index contributed by atoms with van der Waals surface area (Å²) >= 11 is 0.